The molecule has 1 aliphatic rings. The number of halogens is 1. The van der Waals surface area contributed by atoms with Crippen molar-refractivity contribution in [1.29, 1.82) is 0 Å². The lowest BCUT2D eigenvalue weighted by molar-refractivity contribution is -0.117. The molecule has 0 radical (unpaired) electrons. The summed E-state index contributed by atoms with van der Waals surface area (Å²) in [6.45, 7) is 6.76. The molecule has 2 aromatic carbocycles. The number of aromatic nitrogens is 1. The molecule has 0 spiro atoms. The molecule has 142 valence electrons. The molecule has 2 heterocycles. The molecule has 0 saturated carbocycles. The number of fused-ring (bicyclic) bond motifs is 1. The van der Waals surface area contributed by atoms with Crippen molar-refractivity contribution in [1.82, 2.24) is 4.98 Å². The molecule has 0 aliphatic carbocycles. The first-order chi connectivity index (χ1) is 13.4. The molecule has 28 heavy (non-hydrogen) atoms. The minimum atomic E-state index is 0.0333. The number of hydrogen-bond donors (Lipinski definition) is 0. The third-order valence-electron chi connectivity index (χ3n) is 5.22. The number of aryl methyl sites for hydroxylation is 3. The van der Waals surface area contributed by atoms with Gasteiger partial charge in [0.05, 0.1) is 24.8 Å². The predicted octanol–water partition coefficient (Wildman–Crippen LogP) is 5.80. The smallest absolute Gasteiger partial charge is 0.231 e. The lowest BCUT2D eigenvalue weighted by atomic mass is 10.0. The number of carbonyl (C=O) groups is 1. The zero-order valence-electron chi connectivity index (χ0n) is 16.1. The fourth-order valence-corrected chi connectivity index (χ4v) is 4.16. The standard InChI is InChI=1S/C23H21BrN2O2/c1-14-4-7-18-20(8-14)26(12-17-6-5-15(2)16(3)9-17)22(27)10-19(23(18)24)21-11-25-13-28-21/h4-9,11,13H,10,12H2,1-3H3. The zero-order valence-corrected chi connectivity index (χ0v) is 17.7. The van der Waals surface area contributed by atoms with Crippen LogP contribution in [-0.2, 0) is 11.3 Å². The van der Waals surface area contributed by atoms with E-state index in [1.165, 1.54) is 17.5 Å². The number of amides is 1. The van der Waals surface area contributed by atoms with E-state index in [0.717, 1.165) is 32.4 Å². The van der Waals surface area contributed by atoms with Gasteiger partial charge in [0.1, 0.15) is 0 Å². The third kappa shape index (κ3) is 3.42. The second-order valence-electron chi connectivity index (χ2n) is 7.25. The molecule has 1 aliphatic heterocycles. The highest BCUT2D eigenvalue weighted by molar-refractivity contribution is 9.15. The molecule has 0 atom stereocenters. The molecule has 0 N–H and O–H groups in total. The van der Waals surface area contributed by atoms with Gasteiger partial charge in [0, 0.05) is 15.6 Å². The fourth-order valence-electron chi connectivity index (χ4n) is 3.49. The van der Waals surface area contributed by atoms with Crippen molar-refractivity contribution < 1.29 is 9.21 Å². The summed E-state index contributed by atoms with van der Waals surface area (Å²) in [5.41, 5.74) is 7.40. The Balaban J connectivity index is 1.82. The Kier molecular flexibility index (Phi) is 4.94. The van der Waals surface area contributed by atoms with Crippen molar-refractivity contribution in [3.05, 3.63) is 82.6 Å². The highest BCUT2D eigenvalue weighted by Crippen LogP contribution is 2.42. The third-order valence-corrected chi connectivity index (χ3v) is 6.12. The molecule has 0 saturated heterocycles. The van der Waals surface area contributed by atoms with Crippen molar-refractivity contribution in [3.63, 3.8) is 0 Å². The van der Waals surface area contributed by atoms with E-state index in [-0.39, 0.29) is 12.3 Å². The van der Waals surface area contributed by atoms with E-state index >= 15 is 0 Å². The molecule has 4 rings (SSSR count). The molecule has 0 fully saturated rings. The molecular formula is C23H21BrN2O2. The largest absolute Gasteiger partial charge is 0.444 e. The summed E-state index contributed by atoms with van der Waals surface area (Å²) in [7, 11) is 0. The van der Waals surface area contributed by atoms with Crippen LogP contribution >= 0.6 is 15.9 Å². The van der Waals surface area contributed by atoms with E-state index in [4.69, 9.17) is 4.42 Å². The van der Waals surface area contributed by atoms with Gasteiger partial charge < -0.3 is 9.32 Å². The summed E-state index contributed by atoms with van der Waals surface area (Å²) in [5.74, 6) is 0.644. The van der Waals surface area contributed by atoms with Gasteiger partial charge in [0.2, 0.25) is 5.91 Å². The van der Waals surface area contributed by atoms with Crippen molar-refractivity contribution in [2.24, 2.45) is 0 Å². The van der Waals surface area contributed by atoms with E-state index in [1.54, 1.807) is 6.20 Å². The highest BCUT2D eigenvalue weighted by atomic mass is 79.9. The Labute approximate surface area is 173 Å². The van der Waals surface area contributed by atoms with Crippen molar-refractivity contribution in [2.75, 3.05) is 4.90 Å². The predicted molar refractivity (Wildman–Crippen MR) is 115 cm³/mol. The van der Waals surface area contributed by atoms with Gasteiger partial charge in [-0.2, -0.15) is 0 Å². The number of carbonyl (C=O) groups excluding carboxylic acids is 1. The molecule has 3 aromatic rings. The topological polar surface area (TPSA) is 46.3 Å². The van der Waals surface area contributed by atoms with Crippen LogP contribution in [0.2, 0.25) is 0 Å². The quantitative estimate of drug-likeness (QED) is 0.520. The first-order valence-corrected chi connectivity index (χ1v) is 9.98. The van der Waals surface area contributed by atoms with E-state index in [9.17, 15) is 4.79 Å². The number of rotatable bonds is 3. The maximum Gasteiger partial charge on any atom is 0.231 e. The summed E-state index contributed by atoms with van der Waals surface area (Å²) >= 11 is 3.72. The number of oxazole rings is 1. The Bertz CT molecular complexity index is 1080. The van der Waals surface area contributed by atoms with Gasteiger partial charge in [0.25, 0.3) is 0 Å². The summed E-state index contributed by atoms with van der Waals surface area (Å²) in [6, 6.07) is 12.5. The molecule has 5 heteroatoms. The van der Waals surface area contributed by atoms with Gasteiger partial charge >= 0.3 is 0 Å². The SMILES string of the molecule is Cc1ccc2c(c1)N(Cc1ccc(C)c(C)c1)C(=O)CC(c1cnco1)=C2Br. The monoisotopic (exact) mass is 436 g/mol. The van der Waals surface area contributed by atoms with Gasteiger partial charge in [-0.3, -0.25) is 4.79 Å². The molecule has 0 unspecified atom stereocenters. The van der Waals surface area contributed by atoms with Crippen LogP contribution in [0.1, 0.15) is 40.0 Å². The molecule has 1 aromatic heterocycles. The number of nitrogens with zero attached hydrogens (tertiary/aromatic N) is 2. The van der Waals surface area contributed by atoms with Crippen LogP contribution in [0.5, 0.6) is 0 Å². The molecule has 4 nitrogen and oxygen atoms in total. The number of benzene rings is 2. The van der Waals surface area contributed by atoms with E-state index in [1.807, 2.05) is 11.8 Å². The van der Waals surface area contributed by atoms with Gasteiger partial charge in [-0.05, 0) is 65.0 Å². The minimum Gasteiger partial charge on any atom is -0.444 e. The maximum absolute atomic E-state index is 13.3. The second-order valence-corrected chi connectivity index (χ2v) is 8.05. The minimum absolute atomic E-state index is 0.0333. The maximum atomic E-state index is 13.3. The van der Waals surface area contributed by atoms with Crippen molar-refractivity contribution >= 4 is 37.6 Å². The second kappa shape index (κ2) is 7.40. The van der Waals surface area contributed by atoms with Crippen molar-refractivity contribution in [2.45, 2.75) is 33.7 Å². The fraction of sp³-hybridized carbons (Fsp3) is 0.217. The lowest BCUT2D eigenvalue weighted by Gasteiger charge is -2.24. The summed E-state index contributed by atoms with van der Waals surface area (Å²) in [5, 5.41) is 0. The lowest BCUT2D eigenvalue weighted by Crippen LogP contribution is -2.30. The van der Waals surface area contributed by atoms with Crippen LogP contribution in [-0.4, -0.2) is 10.9 Å². The van der Waals surface area contributed by atoms with Crippen LogP contribution in [0.25, 0.3) is 10.1 Å². The summed E-state index contributed by atoms with van der Waals surface area (Å²) in [6.07, 6.45) is 3.28. The Morgan fingerprint density at radius 2 is 1.93 bits per heavy atom. The average molecular weight is 437 g/mol. The normalized spacial score (nSPS) is 14.3. The van der Waals surface area contributed by atoms with Gasteiger partial charge in [-0.15, -0.1) is 0 Å². The van der Waals surface area contributed by atoms with Gasteiger partial charge in [-0.25, -0.2) is 4.98 Å². The van der Waals surface area contributed by atoms with Crippen LogP contribution in [0, 0.1) is 20.8 Å². The zero-order chi connectivity index (χ0) is 19.8. The van der Waals surface area contributed by atoms with Crippen LogP contribution in [0.15, 0.2) is 53.4 Å². The number of anilines is 1. The summed E-state index contributed by atoms with van der Waals surface area (Å²) < 4.78 is 6.37. The molecule has 0 bridgehead atoms. The highest BCUT2D eigenvalue weighted by Gasteiger charge is 2.29. The Morgan fingerprint density at radius 1 is 1.11 bits per heavy atom. The first kappa shape index (κ1) is 18.7. The van der Waals surface area contributed by atoms with E-state index in [2.05, 4.69) is 71.2 Å². The molecular weight excluding hydrogens is 416 g/mol. The average Bonchev–Trinajstić information content (AvgIpc) is 3.17. The first-order valence-electron chi connectivity index (χ1n) is 9.19. The molecule has 1 amide bonds. The van der Waals surface area contributed by atoms with Crippen LogP contribution < -0.4 is 4.90 Å². The van der Waals surface area contributed by atoms with E-state index < -0.39 is 0 Å². The summed E-state index contributed by atoms with van der Waals surface area (Å²) in [4.78, 5) is 19.2. The Hall–Kier alpha value is -2.66. The van der Waals surface area contributed by atoms with Crippen LogP contribution in [0.3, 0.4) is 0 Å². The number of hydrogen-bond acceptors (Lipinski definition) is 3. The Morgan fingerprint density at radius 3 is 2.64 bits per heavy atom. The van der Waals surface area contributed by atoms with Gasteiger partial charge in [0.15, 0.2) is 12.2 Å². The van der Waals surface area contributed by atoms with Crippen LogP contribution in [0.4, 0.5) is 5.69 Å². The van der Waals surface area contributed by atoms with E-state index in [0.29, 0.717) is 12.3 Å². The van der Waals surface area contributed by atoms with Crippen molar-refractivity contribution in [3.8, 4) is 0 Å². The van der Waals surface area contributed by atoms with Gasteiger partial charge in [-0.1, -0.05) is 30.3 Å².